The average Bonchev–Trinajstić information content (AvgIpc) is 2.67. The van der Waals surface area contributed by atoms with Crippen molar-refractivity contribution in [1.82, 2.24) is 14.6 Å². The maximum atomic E-state index is 12.7. The summed E-state index contributed by atoms with van der Waals surface area (Å²) in [5.41, 5.74) is 2.65. The van der Waals surface area contributed by atoms with Gasteiger partial charge in [0.15, 0.2) is 0 Å². The minimum Gasteiger partial charge on any atom is -0.350 e. The van der Waals surface area contributed by atoms with Crippen molar-refractivity contribution in [1.29, 1.82) is 0 Å². The highest BCUT2D eigenvalue weighted by Gasteiger charge is 2.31. The standard InChI is InChI=1S/C20H25N3O3S/c1-16-5-4-6-17(13-16)15-27(25,26)23-11-8-18(9-12-23)20(24)22-14-19-7-2-3-10-21-19/h2-7,10,13,18H,8-9,11-12,14-15H2,1H3,(H,22,24). The number of benzene rings is 1. The molecule has 1 amide bonds. The van der Waals surface area contributed by atoms with Crippen LogP contribution in [0.3, 0.4) is 0 Å². The molecule has 0 atom stereocenters. The minimum absolute atomic E-state index is 0.00518. The van der Waals surface area contributed by atoms with Gasteiger partial charge in [0.2, 0.25) is 15.9 Å². The molecule has 3 rings (SSSR count). The predicted octanol–water partition coefficient (Wildman–Crippen LogP) is 2.25. The van der Waals surface area contributed by atoms with Crippen molar-refractivity contribution in [2.45, 2.75) is 32.1 Å². The SMILES string of the molecule is Cc1cccc(CS(=O)(=O)N2CCC(C(=O)NCc3ccccn3)CC2)c1. The quantitative estimate of drug-likeness (QED) is 0.824. The molecule has 0 unspecified atom stereocenters. The molecule has 1 aromatic carbocycles. The first-order valence-electron chi connectivity index (χ1n) is 9.15. The van der Waals surface area contributed by atoms with Gasteiger partial charge in [-0.05, 0) is 37.5 Å². The van der Waals surface area contributed by atoms with Crippen LogP contribution in [-0.2, 0) is 27.1 Å². The molecule has 0 bridgehead atoms. The van der Waals surface area contributed by atoms with Crippen LogP contribution in [0.2, 0.25) is 0 Å². The fourth-order valence-electron chi connectivity index (χ4n) is 3.32. The molecule has 1 saturated heterocycles. The Labute approximate surface area is 160 Å². The second kappa shape index (κ2) is 8.63. The summed E-state index contributed by atoms with van der Waals surface area (Å²) < 4.78 is 26.9. The molecule has 0 spiro atoms. The Bertz CT molecular complexity index is 876. The monoisotopic (exact) mass is 387 g/mol. The second-order valence-corrected chi connectivity index (χ2v) is 8.93. The Kier molecular flexibility index (Phi) is 6.23. The van der Waals surface area contributed by atoms with Crippen LogP contribution in [0, 0.1) is 12.8 Å². The van der Waals surface area contributed by atoms with Crippen molar-refractivity contribution in [2.75, 3.05) is 13.1 Å². The number of nitrogens with one attached hydrogen (secondary N) is 1. The van der Waals surface area contributed by atoms with Crippen molar-refractivity contribution in [3.8, 4) is 0 Å². The largest absolute Gasteiger partial charge is 0.350 e. The van der Waals surface area contributed by atoms with E-state index in [2.05, 4.69) is 10.3 Å². The molecule has 2 aromatic rings. The third-order valence-corrected chi connectivity index (χ3v) is 6.67. The number of piperidine rings is 1. The van der Waals surface area contributed by atoms with Gasteiger partial charge in [0.05, 0.1) is 18.0 Å². The predicted molar refractivity (Wildman–Crippen MR) is 104 cm³/mol. The van der Waals surface area contributed by atoms with E-state index >= 15 is 0 Å². The van der Waals surface area contributed by atoms with Crippen LogP contribution in [0.4, 0.5) is 0 Å². The van der Waals surface area contributed by atoms with E-state index in [9.17, 15) is 13.2 Å². The Morgan fingerprint density at radius 2 is 1.96 bits per heavy atom. The summed E-state index contributed by atoms with van der Waals surface area (Å²) >= 11 is 0. The number of amides is 1. The molecule has 1 N–H and O–H groups in total. The molecule has 1 fully saturated rings. The van der Waals surface area contributed by atoms with Gasteiger partial charge in [-0.2, -0.15) is 0 Å². The van der Waals surface area contributed by atoms with Crippen molar-refractivity contribution >= 4 is 15.9 Å². The van der Waals surface area contributed by atoms with E-state index in [0.717, 1.165) is 16.8 Å². The normalized spacial score (nSPS) is 16.2. The average molecular weight is 388 g/mol. The van der Waals surface area contributed by atoms with Crippen molar-refractivity contribution in [3.63, 3.8) is 0 Å². The van der Waals surface area contributed by atoms with Gasteiger partial charge in [0.1, 0.15) is 0 Å². The van der Waals surface area contributed by atoms with Gasteiger partial charge in [0, 0.05) is 25.2 Å². The van der Waals surface area contributed by atoms with Crippen LogP contribution in [0.1, 0.15) is 29.7 Å². The lowest BCUT2D eigenvalue weighted by molar-refractivity contribution is -0.126. The second-order valence-electron chi connectivity index (χ2n) is 6.96. The number of carbonyl (C=O) groups is 1. The lowest BCUT2D eigenvalue weighted by Gasteiger charge is -2.30. The molecule has 144 valence electrons. The zero-order valence-corrected chi connectivity index (χ0v) is 16.3. The topological polar surface area (TPSA) is 79.4 Å². The number of hydrogen-bond donors (Lipinski definition) is 1. The third kappa shape index (κ3) is 5.37. The summed E-state index contributed by atoms with van der Waals surface area (Å²) in [6.07, 6.45) is 2.78. The summed E-state index contributed by atoms with van der Waals surface area (Å²) in [6, 6.07) is 13.1. The minimum atomic E-state index is -3.37. The molecule has 27 heavy (non-hydrogen) atoms. The van der Waals surface area contributed by atoms with E-state index in [1.165, 1.54) is 4.31 Å². The third-order valence-electron chi connectivity index (χ3n) is 4.82. The first-order chi connectivity index (χ1) is 12.9. The summed E-state index contributed by atoms with van der Waals surface area (Å²) in [7, 11) is -3.37. The van der Waals surface area contributed by atoms with Crippen LogP contribution in [-0.4, -0.2) is 36.7 Å². The van der Waals surface area contributed by atoms with E-state index in [4.69, 9.17) is 0 Å². The maximum absolute atomic E-state index is 12.7. The van der Waals surface area contributed by atoms with Gasteiger partial charge < -0.3 is 5.32 Å². The molecular formula is C20H25N3O3S. The zero-order valence-electron chi connectivity index (χ0n) is 15.5. The number of hydrogen-bond acceptors (Lipinski definition) is 4. The summed E-state index contributed by atoms with van der Waals surface area (Å²) in [5.74, 6) is -0.180. The van der Waals surface area contributed by atoms with Crippen LogP contribution < -0.4 is 5.32 Å². The molecule has 1 aliphatic heterocycles. The fraction of sp³-hybridized carbons (Fsp3) is 0.400. The number of nitrogens with zero attached hydrogens (tertiary/aromatic N) is 2. The lowest BCUT2D eigenvalue weighted by Crippen LogP contribution is -2.43. The number of carbonyl (C=O) groups excluding carboxylic acids is 1. The lowest BCUT2D eigenvalue weighted by atomic mass is 9.97. The van der Waals surface area contributed by atoms with Crippen molar-refractivity contribution in [2.24, 2.45) is 5.92 Å². The Balaban J connectivity index is 1.51. The van der Waals surface area contributed by atoms with Gasteiger partial charge >= 0.3 is 0 Å². The molecule has 0 saturated carbocycles. The zero-order chi connectivity index (χ0) is 19.3. The Morgan fingerprint density at radius 1 is 1.19 bits per heavy atom. The number of rotatable bonds is 6. The smallest absolute Gasteiger partial charge is 0.223 e. The molecule has 0 radical (unpaired) electrons. The van der Waals surface area contributed by atoms with Gasteiger partial charge in [-0.15, -0.1) is 0 Å². The van der Waals surface area contributed by atoms with Crippen LogP contribution >= 0.6 is 0 Å². The molecule has 2 heterocycles. The van der Waals surface area contributed by atoms with E-state index in [-0.39, 0.29) is 17.6 Å². The summed E-state index contributed by atoms with van der Waals surface area (Å²) in [5, 5.41) is 2.90. The molecule has 0 aliphatic carbocycles. The van der Waals surface area contributed by atoms with E-state index in [0.29, 0.717) is 32.5 Å². The number of aryl methyl sites for hydroxylation is 1. The first kappa shape index (κ1) is 19.5. The number of aromatic nitrogens is 1. The van der Waals surface area contributed by atoms with Gasteiger partial charge in [-0.25, -0.2) is 12.7 Å². The highest BCUT2D eigenvalue weighted by molar-refractivity contribution is 7.88. The van der Waals surface area contributed by atoms with Gasteiger partial charge in [0.25, 0.3) is 0 Å². The van der Waals surface area contributed by atoms with Gasteiger partial charge in [-0.1, -0.05) is 35.9 Å². The van der Waals surface area contributed by atoms with Crippen LogP contribution in [0.25, 0.3) is 0 Å². The van der Waals surface area contributed by atoms with Crippen molar-refractivity contribution < 1.29 is 13.2 Å². The molecular weight excluding hydrogens is 362 g/mol. The van der Waals surface area contributed by atoms with Gasteiger partial charge in [-0.3, -0.25) is 9.78 Å². The molecule has 1 aliphatic rings. The fourth-order valence-corrected chi connectivity index (χ4v) is 4.88. The number of pyridine rings is 1. The molecule has 1 aromatic heterocycles. The van der Waals surface area contributed by atoms with Crippen molar-refractivity contribution in [3.05, 3.63) is 65.5 Å². The van der Waals surface area contributed by atoms with E-state index in [1.807, 2.05) is 49.4 Å². The molecule has 6 nitrogen and oxygen atoms in total. The van der Waals surface area contributed by atoms with E-state index in [1.54, 1.807) is 6.20 Å². The molecule has 7 heteroatoms. The Hall–Kier alpha value is -2.25. The van der Waals surface area contributed by atoms with Crippen LogP contribution in [0.5, 0.6) is 0 Å². The number of sulfonamides is 1. The summed E-state index contributed by atoms with van der Waals surface area (Å²) in [6.45, 7) is 3.11. The maximum Gasteiger partial charge on any atom is 0.223 e. The highest BCUT2D eigenvalue weighted by Crippen LogP contribution is 2.22. The Morgan fingerprint density at radius 3 is 2.63 bits per heavy atom. The van der Waals surface area contributed by atoms with Crippen LogP contribution in [0.15, 0.2) is 48.7 Å². The van der Waals surface area contributed by atoms with E-state index < -0.39 is 10.0 Å². The summed E-state index contributed by atoms with van der Waals surface area (Å²) in [4.78, 5) is 16.5. The highest BCUT2D eigenvalue weighted by atomic mass is 32.2. The first-order valence-corrected chi connectivity index (χ1v) is 10.8.